The van der Waals surface area contributed by atoms with E-state index in [0.29, 0.717) is 6.42 Å². The highest BCUT2D eigenvalue weighted by Crippen LogP contribution is 2.29. The van der Waals surface area contributed by atoms with E-state index < -0.39 is 5.97 Å². The Labute approximate surface area is 115 Å². The third-order valence-corrected chi connectivity index (χ3v) is 2.78. The Morgan fingerprint density at radius 2 is 1.89 bits per heavy atom. The minimum absolute atomic E-state index is 0.0364. The molecule has 0 heterocycles. The number of carbonyl (C=O) groups excluding carboxylic acids is 1. The van der Waals surface area contributed by atoms with Crippen LogP contribution < -0.4 is 5.32 Å². The highest BCUT2D eigenvalue weighted by Gasteiger charge is 2.14. The van der Waals surface area contributed by atoms with Crippen molar-refractivity contribution in [2.75, 3.05) is 5.32 Å². The molecular weight excluding hydrogens is 277 g/mol. The summed E-state index contributed by atoms with van der Waals surface area (Å²) in [5.41, 5.74) is 0.157. The summed E-state index contributed by atoms with van der Waals surface area (Å²) in [6.45, 7) is 3.82. The van der Waals surface area contributed by atoms with Crippen molar-refractivity contribution in [1.29, 1.82) is 0 Å². The van der Waals surface area contributed by atoms with Crippen LogP contribution in [-0.2, 0) is 4.79 Å². The van der Waals surface area contributed by atoms with Crippen molar-refractivity contribution >= 4 is 40.8 Å². The van der Waals surface area contributed by atoms with Crippen LogP contribution in [0.15, 0.2) is 12.1 Å². The molecule has 0 aliphatic heterocycles. The molecule has 0 unspecified atom stereocenters. The van der Waals surface area contributed by atoms with Gasteiger partial charge in [-0.15, -0.1) is 0 Å². The van der Waals surface area contributed by atoms with Crippen LogP contribution in [-0.4, -0.2) is 17.0 Å². The van der Waals surface area contributed by atoms with Crippen LogP contribution >= 0.6 is 23.2 Å². The van der Waals surface area contributed by atoms with Gasteiger partial charge < -0.3 is 10.4 Å². The Bertz CT molecular complexity index is 486. The first-order valence-corrected chi connectivity index (χ1v) is 6.09. The number of carboxylic acids is 1. The lowest BCUT2D eigenvalue weighted by atomic mass is 10.1. The molecule has 2 N–H and O–H groups in total. The Kier molecular flexibility index (Phi) is 4.99. The van der Waals surface area contributed by atoms with E-state index in [1.807, 2.05) is 13.8 Å². The van der Waals surface area contributed by atoms with E-state index >= 15 is 0 Å². The normalized spacial score (nSPS) is 10.5. The topological polar surface area (TPSA) is 66.4 Å². The average Bonchev–Trinajstić information content (AvgIpc) is 2.20. The fourth-order valence-corrected chi connectivity index (χ4v) is 1.89. The van der Waals surface area contributed by atoms with Crippen molar-refractivity contribution in [3.8, 4) is 0 Å². The molecule has 1 rings (SSSR count). The smallest absolute Gasteiger partial charge is 0.337 e. The predicted molar refractivity (Wildman–Crippen MR) is 71.5 cm³/mol. The van der Waals surface area contributed by atoms with Gasteiger partial charge in [0.15, 0.2) is 0 Å². The van der Waals surface area contributed by atoms with Gasteiger partial charge >= 0.3 is 5.97 Å². The second-order valence-corrected chi connectivity index (χ2v) is 5.08. The number of rotatable bonds is 4. The third-order valence-electron chi connectivity index (χ3n) is 2.15. The SMILES string of the molecule is CC(C)CC(=O)Nc1cc(C(=O)O)c(Cl)cc1Cl. The van der Waals surface area contributed by atoms with Crippen LogP contribution in [0, 0.1) is 5.92 Å². The molecule has 0 atom stereocenters. The summed E-state index contributed by atoms with van der Waals surface area (Å²) in [5.74, 6) is -1.18. The molecule has 0 aliphatic carbocycles. The van der Waals surface area contributed by atoms with Crippen LogP contribution in [0.5, 0.6) is 0 Å². The van der Waals surface area contributed by atoms with Gasteiger partial charge in [-0.3, -0.25) is 4.79 Å². The van der Waals surface area contributed by atoms with Gasteiger partial charge in [0.25, 0.3) is 0 Å². The molecule has 1 aromatic rings. The summed E-state index contributed by atoms with van der Waals surface area (Å²) in [6.07, 6.45) is 0.335. The van der Waals surface area contributed by atoms with E-state index in [2.05, 4.69) is 5.32 Å². The lowest BCUT2D eigenvalue weighted by molar-refractivity contribution is -0.116. The number of nitrogens with one attached hydrogen (secondary N) is 1. The van der Waals surface area contributed by atoms with Crippen LogP contribution in [0.25, 0.3) is 0 Å². The first kappa shape index (κ1) is 14.8. The summed E-state index contributed by atoms with van der Waals surface area (Å²) in [4.78, 5) is 22.5. The van der Waals surface area contributed by atoms with E-state index in [-0.39, 0.29) is 33.1 Å². The fourth-order valence-electron chi connectivity index (χ4n) is 1.38. The lowest BCUT2D eigenvalue weighted by Crippen LogP contribution is -2.14. The number of benzene rings is 1. The Balaban J connectivity index is 2.99. The monoisotopic (exact) mass is 289 g/mol. The summed E-state index contributed by atoms with van der Waals surface area (Å²) >= 11 is 11.6. The summed E-state index contributed by atoms with van der Waals surface area (Å²) in [5, 5.41) is 11.7. The van der Waals surface area contributed by atoms with Crippen molar-refractivity contribution in [2.24, 2.45) is 5.92 Å². The Morgan fingerprint density at radius 1 is 1.28 bits per heavy atom. The summed E-state index contributed by atoms with van der Waals surface area (Å²) in [6, 6.07) is 2.56. The molecule has 6 heteroatoms. The minimum atomic E-state index is -1.17. The van der Waals surface area contributed by atoms with Crippen molar-refractivity contribution in [3.63, 3.8) is 0 Å². The maximum Gasteiger partial charge on any atom is 0.337 e. The number of aromatic carboxylic acids is 1. The first-order chi connectivity index (χ1) is 8.31. The van der Waals surface area contributed by atoms with E-state index in [9.17, 15) is 9.59 Å². The zero-order valence-electron chi connectivity index (χ0n) is 9.96. The van der Waals surface area contributed by atoms with Gasteiger partial charge in [0.1, 0.15) is 0 Å². The van der Waals surface area contributed by atoms with Crippen molar-refractivity contribution in [3.05, 3.63) is 27.7 Å². The molecule has 0 aromatic heterocycles. The van der Waals surface area contributed by atoms with E-state index in [1.165, 1.54) is 12.1 Å². The highest BCUT2D eigenvalue weighted by atomic mass is 35.5. The first-order valence-electron chi connectivity index (χ1n) is 5.33. The number of halogens is 2. The van der Waals surface area contributed by atoms with Crippen LogP contribution in [0.3, 0.4) is 0 Å². The van der Waals surface area contributed by atoms with Gasteiger partial charge in [-0.2, -0.15) is 0 Å². The zero-order valence-corrected chi connectivity index (χ0v) is 11.5. The number of hydrogen-bond acceptors (Lipinski definition) is 2. The number of carbonyl (C=O) groups is 2. The number of amides is 1. The number of anilines is 1. The predicted octanol–water partition coefficient (Wildman–Crippen LogP) is 3.68. The molecule has 18 heavy (non-hydrogen) atoms. The van der Waals surface area contributed by atoms with Crippen molar-refractivity contribution in [1.82, 2.24) is 0 Å². The maximum absolute atomic E-state index is 11.6. The maximum atomic E-state index is 11.6. The van der Waals surface area contributed by atoms with Crippen LogP contribution in [0.2, 0.25) is 10.0 Å². The van der Waals surface area contributed by atoms with E-state index in [0.717, 1.165) is 0 Å². The molecule has 1 aromatic carbocycles. The van der Waals surface area contributed by atoms with Gasteiger partial charge in [0, 0.05) is 6.42 Å². The van der Waals surface area contributed by atoms with Gasteiger partial charge in [0.2, 0.25) is 5.91 Å². The minimum Gasteiger partial charge on any atom is -0.478 e. The molecule has 0 saturated heterocycles. The van der Waals surface area contributed by atoms with E-state index in [4.69, 9.17) is 28.3 Å². The molecular formula is C12H13Cl2NO3. The van der Waals surface area contributed by atoms with Crippen LogP contribution in [0.4, 0.5) is 5.69 Å². The van der Waals surface area contributed by atoms with Crippen LogP contribution in [0.1, 0.15) is 30.6 Å². The van der Waals surface area contributed by atoms with Gasteiger partial charge in [0.05, 0.1) is 21.3 Å². The average molecular weight is 290 g/mol. The van der Waals surface area contributed by atoms with Gasteiger partial charge in [-0.1, -0.05) is 37.0 Å². The Hall–Kier alpha value is -1.26. The molecule has 0 spiro atoms. The van der Waals surface area contributed by atoms with Crippen molar-refractivity contribution < 1.29 is 14.7 Å². The lowest BCUT2D eigenvalue weighted by Gasteiger charge is -2.10. The van der Waals surface area contributed by atoms with Crippen molar-refractivity contribution in [2.45, 2.75) is 20.3 Å². The number of carboxylic acid groups (broad SMARTS) is 1. The zero-order chi connectivity index (χ0) is 13.9. The second-order valence-electron chi connectivity index (χ2n) is 4.26. The molecule has 0 fully saturated rings. The molecule has 0 aliphatic rings. The quantitative estimate of drug-likeness (QED) is 0.889. The second kappa shape index (κ2) is 6.07. The molecule has 4 nitrogen and oxygen atoms in total. The third kappa shape index (κ3) is 3.89. The standard InChI is InChI=1S/C12H13Cl2NO3/c1-6(2)3-11(16)15-10-4-7(12(17)18)8(13)5-9(10)14/h4-6H,3H2,1-2H3,(H,15,16)(H,17,18). The van der Waals surface area contributed by atoms with Gasteiger partial charge in [-0.05, 0) is 18.1 Å². The van der Waals surface area contributed by atoms with Gasteiger partial charge in [-0.25, -0.2) is 4.79 Å². The largest absolute Gasteiger partial charge is 0.478 e. The highest BCUT2D eigenvalue weighted by molar-refractivity contribution is 6.38. The van der Waals surface area contributed by atoms with E-state index in [1.54, 1.807) is 0 Å². The Morgan fingerprint density at radius 3 is 2.39 bits per heavy atom. The molecule has 0 saturated carbocycles. The number of hydrogen-bond donors (Lipinski definition) is 2. The molecule has 0 bridgehead atoms. The molecule has 0 radical (unpaired) electrons. The summed E-state index contributed by atoms with van der Waals surface area (Å²) in [7, 11) is 0. The molecule has 98 valence electrons. The fraction of sp³-hybridized carbons (Fsp3) is 0.333. The molecule has 1 amide bonds. The summed E-state index contributed by atoms with van der Waals surface area (Å²) < 4.78 is 0.